The van der Waals surface area contributed by atoms with E-state index in [0.717, 1.165) is 109 Å². The summed E-state index contributed by atoms with van der Waals surface area (Å²) >= 11 is 0. The monoisotopic (exact) mass is 694 g/mol. The Morgan fingerprint density at radius 2 is 1.47 bits per heavy atom. The zero-order valence-corrected chi connectivity index (χ0v) is 31.9. The molecular weight excluding hydrogens is 618 g/mol. The molecule has 2 saturated carbocycles. The fraction of sp³-hybridized carbons (Fsp3) is 0.951. The van der Waals surface area contributed by atoms with E-state index in [2.05, 4.69) is 18.7 Å². The molecule has 0 aromatic carbocycles. The van der Waals surface area contributed by atoms with Crippen molar-refractivity contribution < 1.29 is 33.6 Å². The quantitative estimate of drug-likeness (QED) is 0.0641. The number of hydrogen-bond acceptors (Lipinski definition) is 8. The molecule has 0 amide bonds. The predicted octanol–water partition coefficient (Wildman–Crippen LogP) is 9.00. The number of aliphatic hydroxyl groups excluding tert-OH is 1. The first kappa shape index (κ1) is 42.2. The summed E-state index contributed by atoms with van der Waals surface area (Å²) in [5.41, 5.74) is 0. The van der Waals surface area contributed by atoms with Gasteiger partial charge in [0.2, 0.25) is 6.29 Å². The molecule has 0 bridgehead atoms. The molecule has 0 aromatic rings. The third-order valence-electron chi connectivity index (χ3n) is 11.5. The van der Waals surface area contributed by atoms with Crippen LogP contribution in [0.1, 0.15) is 168 Å². The maximum Gasteiger partial charge on any atom is 0.308 e. The van der Waals surface area contributed by atoms with E-state index in [1.54, 1.807) is 7.11 Å². The molecule has 3 aliphatic rings. The molecule has 3 fully saturated rings. The van der Waals surface area contributed by atoms with Gasteiger partial charge in [0.05, 0.1) is 31.3 Å². The standard InChI is InChI=1S/C41H75NO7/c1-4-6-7-12-18-35-31-36(21-20-34(35)17-5-2)41(45)47-28-16-11-10-15-26-42(27-24-33-29-37(43)30-33)25-14-9-8-13-19-39(44)49-40-23-22-38(48-40)32-46-3/h33-38,40,43H,4-32H2,1-3H3. The van der Waals surface area contributed by atoms with Gasteiger partial charge in [-0.15, -0.1) is 0 Å². The van der Waals surface area contributed by atoms with Gasteiger partial charge in [0.15, 0.2) is 0 Å². The van der Waals surface area contributed by atoms with E-state index in [1.807, 2.05) is 0 Å². The molecule has 0 spiro atoms. The second-order valence-electron chi connectivity index (χ2n) is 15.7. The molecule has 286 valence electrons. The van der Waals surface area contributed by atoms with Crippen LogP contribution in [0.15, 0.2) is 0 Å². The first-order valence-electron chi connectivity index (χ1n) is 20.8. The Morgan fingerprint density at radius 3 is 2.18 bits per heavy atom. The zero-order valence-electron chi connectivity index (χ0n) is 31.9. The molecule has 1 heterocycles. The van der Waals surface area contributed by atoms with E-state index in [4.69, 9.17) is 18.9 Å². The highest BCUT2D eigenvalue weighted by molar-refractivity contribution is 5.72. The van der Waals surface area contributed by atoms with Crippen molar-refractivity contribution in [2.45, 2.75) is 186 Å². The van der Waals surface area contributed by atoms with E-state index in [0.29, 0.717) is 31.5 Å². The van der Waals surface area contributed by atoms with Gasteiger partial charge in [-0.2, -0.15) is 0 Å². The molecule has 1 N–H and O–H groups in total. The number of carbonyl (C=O) groups excluding carboxylic acids is 2. The number of hydrogen-bond donors (Lipinski definition) is 1. The smallest absolute Gasteiger partial charge is 0.308 e. The molecular formula is C41H75NO7. The Labute approximate surface area is 300 Å². The number of ether oxygens (including phenoxy) is 4. The van der Waals surface area contributed by atoms with Crippen molar-refractivity contribution in [3.8, 4) is 0 Å². The number of rotatable bonds is 28. The van der Waals surface area contributed by atoms with Crippen LogP contribution in [0.4, 0.5) is 0 Å². The van der Waals surface area contributed by atoms with Gasteiger partial charge in [0.25, 0.3) is 0 Å². The first-order valence-corrected chi connectivity index (χ1v) is 20.8. The van der Waals surface area contributed by atoms with Crippen LogP contribution in [0.5, 0.6) is 0 Å². The Morgan fingerprint density at radius 1 is 0.735 bits per heavy atom. The Balaban J connectivity index is 1.24. The normalized spacial score (nSPS) is 26.9. The number of aliphatic hydroxyl groups is 1. The summed E-state index contributed by atoms with van der Waals surface area (Å²) in [7, 11) is 1.66. The van der Waals surface area contributed by atoms with E-state index < -0.39 is 6.29 Å². The maximum absolute atomic E-state index is 13.0. The number of nitrogens with zero attached hydrogens (tertiary/aromatic N) is 1. The van der Waals surface area contributed by atoms with Crippen molar-refractivity contribution in [1.29, 1.82) is 0 Å². The third kappa shape index (κ3) is 17.7. The van der Waals surface area contributed by atoms with Gasteiger partial charge in [0, 0.05) is 20.0 Å². The highest BCUT2D eigenvalue weighted by atomic mass is 16.7. The molecule has 49 heavy (non-hydrogen) atoms. The minimum Gasteiger partial charge on any atom is -0.465 e. The lowest BCUT2D eigenvalue weighted by molar-refractivity contribution is -0.177. The van der Waals surface area contributed by atoms with Gasteiger partial charge >= 0.3 is 11.9 Å². The van der Waals surface area contributed by atoms with Crippen molar-refractivity contribution in [2.24, 2.45) is 23.7 Å². The zero-order chi connectivity index (χ0) is 35.1. The summed E-state index contributed by atoms with van der Waals surface area (Å²) < 4.78 is 22.2. The average Bonchev–Trinajstić information content (AvgIpc) is 3.52. The van der Waals surface area contributed by atoms with E-state index in [1.165, 1.54) is 64.2 Å². The van der Waals surface area contributed by atoms with Crippen molar-refractivity contribution in [3.63, 3.8) is 0 Å². The number of methoxy groups -OCH3 is 1. The second kappa shape index (κ2) is 25.7. The lowest BCUT2D eigenvalue weighted by Gasteiger charge is -2.35. The van der Waals surface area contributed by atoms with Crippen LogP contribution in [-0.2, 0) is 28.5 Å². The Hall–Kier alpha value is -1.22. The van der Waals surface area contributed by atoms with E-state index in [-0.39, 0.29) is 30.1 Å². The van der Waals surface area contributed by atoms with Gasteiger partial charge < -0.3 is 29.0 Å². The van der Waals surface area contributed by atoms with Crippen molar-refractivity contribution in [3.05, 3.63) is 0 Å². The minimum absolute atomic E-state index is 0.0349. The summed E-state index contributed by atoms with van der Waals surface area (Å²) in [5.74, 6) is 2.21. The highest BCUT2D eigenvalue weighted by Gasteiger charge is 2.34. The lowest BCUT2D eigenvalue weighted by Crippen LogP contribution is -2.34. The molecule has 3 rings (SSSR count). The van der Waals surface area contributed by atoms with Crippen LogP contribution in [0, 0.1) is 23.7 Å². The molecule has 0 radical (unpaired) electrons. The van der Waals surface area contributed by atoms with Gasteiger partial charge in [-0.1, -0.05) is 84.5 Å². The van der Waals surface area contributed by atoms with Gasteiger partial charge in [-0.05, 0) is 108 Å². The summed E-state index contributed by atoms with van der Waals surface area (Å²) in [6, 6.07) is 0. The van der Waals surface area contributed by atoms with Crippen molar-refractivity contribution >= 4 is 11.9 Å². The first-order chi connectivity index (χ1) is 23.9. The lowest BCUT2D eigenvalue weighted by atomic mass is 9.70. The van der Waals surface area contributed by atoms with Crippen LogP contribution in [0.25, 0.3) is 0 Å². The fourth-order valence-corrected chi connectivity index (χ4v) is 8.43. The van der Waals surface area contributed by atoms with Gasteiger partial charge in [0.1, 0.15) is 0 Å². The summed E-state index contributed by atoms with van der Waals surface area (Å²) in [4.78, 5) is 27.8. The second-order valence-corrected chi connectivity index (χ2v) is 15.7. The van der Waals surface area contributed by atoms with Crippen LogP contribution in [0.3, 0.4) is 0 Å². The maximum atomic E-state index is 13.0. The topological polar surface area (TPSA) is 94.5 Å². The SMILES string of the molecule is CCCCCCC1CC(C(=O)OCCCCCCN(CCCCCCC(=O)OC2CCC(COC)O2)CCC2CC(O)C2)CCC1CCC. The largest absolute Gasteiger partial charge is 0.465 e. The molecule has 5 unspecified atom stereocenters. The van der Waals surface area contributed by atoms with Crippen LogP contribution < -0.4 is 0 Å². The minimum atomic E-state index is -0.411. The molecule has 1 aliphatic heterocycles. The van der Waals surface area contributed by atoms with E-state index >= 15 is 0 Å². The molecule has 5 atom stereocenters. The van der Waals surface area contributed by atoms with E-state index in [9.17, 15) is 14.7 Å². The van der Waals surface area contributed by atoms with Crippen LogP contribution in [0.2, 0.25) is 0 Å². The van der Waals surface area contributed by atoms with Crippen molar-refractivity contribution in [2.75, 3.05) is 40.0 Å². The third-order valence-corrected chi connectivity index (χ3v) is 11.5. The summed E-state index contributed by atoms with van der Waals surface area (Å²) in [6.45, 7) is 8.98. The summed E-state index contributed by atoms with van der Waals surface area (Å²) in [5, 5.41) is 9.71. The number of carbonyl (C=O) groups is 2. The summed E-state index contributed by atoms with van der Waals surface area (Å²) in [6.07, 6.45) is 25.6. The Kier molecular flexibility index (Phi) is 22.1. The fourth-order valence-electron chi connectivity index (χ4n) is 8.43. The highest BCUT2D eigenvalue weighted by Crippen LogP contribution is 2.40. The molecule has 8 heteroatoms. The van der Waals surface area contributed by atoms with Gasteiger partial charge in [-0.3, -0.25) is 9.59 Å². The molecule has 2 aliphatic carbocycles. The Bertz CT molecular complexity index is 865. The predicted molar refractivity (Wildman–Crippen MR) is 196 cm³/mol. The van der Waals surface area contributed by atoms with Crippen LogP contribution in [-0.4, -0.2) is 80.4 Å². The average molecular weight is 694 g/mol. The number of unbranched alkanes of at least 4 members (excludes halogenated alkanes) is 9. The molecule has 0 aromatic heterocycles. The van der Waals surface area contributed by atoms with Gasteiger partial charge in [-0.25, -0.2) is 0 Å². The van der Waals surface area contributed by atoms with Crippen LogP contribution >= 0.6 is 0 Å². The van der Waals surface area contributed by atoms with Crippen molar-refractivity contribution in [1.82, 2.24) is 4.90 Å². The number of esters is 2. The molecule has 1 saturated heterocycles. The molecule has 8 nitrogen and oxygen atoms in total.